The number of carboxylic acids is 1. The summed E-state index contributed by atoms with van der Waals surface area (Å²) in [6.45, 7) is 4.50. The largest absolute Gasteiger partial charge is 0.479 e. The molecular weight excluding hydrogens is 232 g/mol. The molecule has 1 aliphatic carbocycles. The van der Waals surface area contributed by atoms with Crippen LogP contribution in [-0.2, 0) is 4.79 Å². The van der Waals surface area contributed by atoms with Crippen LogP contribution in [0.15, 0.2) is 0 Å². The molecule has 5 heteroatoms. The predicted octanol–water partition coefficient (Wildman–Crippen LogP) is 1.82. The summed E-state index contributed by atoms with van der Waals surface area (Å²) in [6, 6.07) is 0.0594. The molecule has 3 atom stereocenters. The Morgan fingerprint density at radius 1 is 1.44 bits per heavy atom. The van der Waals surface area contributed by atoms with Crippen molar-refractivity contribution in [2.45, 2.75) is 57.5 Å². The van der Waals surface area contributed by atoms with Gasteiger partial charge >= 0.3 is 12.0 Å². The summed E-state index contributed by atoms with van der Waals surface area (Å²) >= 11 is 0. The van der Waals surface area contributed by atoms with Gasteiger partial charge in [0.25, 0.3) is 0 Å². The molecule has 102 valence electrons. The molecule has 2 rings (SSSR count). The number of aliphatic carboxylic acids is 1. The normalized spacial score (nSPS) is 34.4. The summed E-state index contributed by atoms with van der Waals surface area (Å²) < 4.78 is 0. The van der Waals surface area contributed by atoms with Gasteiger partial charge in [0.15, 0.2) is 0 Å². The van der Waals surface area contributed by atoms with E-state index in [2.05, 4.69) is 12.2 Å². The van der Waals surface area contributed by atoms with Crippen LogP contribution in [0.5, 0.6) is 0 Å². The average molecular weight is 254 g/mol. The molecule has 2 fully saturated rings. The standard InChI is InChI=1S/C13H22N2O3/c1-3-9-8-10(9)14-12(18)15-7-5-6-13(15,4-2)11(16)17/h9-10H,3-8H2,1-2H3,(H,14,18)(H,16,17). The summed E-state index contributed by atoms with van der Waals surface area (Å²) in [4.78, 5) is 25.2. The van der Waals surface area contributed by atoms with Crippen molar-refractivity contribution in [1.82, 2.24) is 10.2 Å². The SMILES string of the molecule is CCC1CC1NC(=O)N1CCCC1(CC)C(=O)O. The molecule has 1 saturated carbocycles. The van der Waals surface area contributed by atoms with E-state index in [4.69, 9.17) is 0 Å². The lowest BCUT2D eigenvalue weighted by atomic mass is 9.93. The molecule has 2 N–H and O–H groups in total. The van der Waals surface area contributed by atoms with Crippen molar-refractivity contribution < 1.29 is 14.7 Å². The van der Waals surface area contributed by atoms with E-state index in [1.54, 1.807) is 0 Å². The minimum Gasteiger partial charge on any atom is -0.479 e. The summed E-state index contributed by atoms with van der Waals surface area (Å²) in [7, 11) is 0. The number of hydrogen-bond donors (Lipinski definition) is 2. The van der Waals surface area contributed by atoms with Crippen LogP contribution in [0.1, 0.15) is 46.0 Å². The van der Waals surface area contributed by atoms with E-state index in [9.17, 15) is 14.7 Å². The molecule has 1 aliphatic heterocycles. The number of rotatable bonds is 4. The minimum absolute atomic E-state index is 0.197. The molecule has 2 amide bonds. The van der Waals surface area contributed by atoms with Crippen molar-refractivity contribution in [2.24, 2.45) is 5.92 Å². The topological polar surface area (TPSA) is 69.6 Å². The van der Waals surface area contributed by atoms with Crippen LogP contribution in [0.2, 0.25) is 0 Å². The molecule has 1 saturated heterocycles. The maximum Gasteiger partial charge on any atom is 0.329 e. The zero-order valence-corrected chi connectivity index (χ0v) is 11.1. The number of carbonyl (C=O) groups is 2. The molecular formula is C13H22N2O3. The minimum atomic E-state index is -0.985. The zero-order valence-electron chi connectivity index (χ0n) is 11.1. The fraction of sp³-hybridized carbons (Fsp3) is 0.846. The fourth-order valence-corrected chi connectivity index (χ4v) is 3.03. The van der Waals surface area contributed by atoms with Gasteiger partial charge in [-0.2, -0.15) is 0 Å². The molecule has 1 heterocycles. The number of carbonyl (C=O) groups excluding carboxylic acids is 1. The van der Waals surface area contributed by atoms with Gasteiger partial charge in [-0.15, -0.1) is 0 Å². The van der Waals surface area contributed by atoms with Crippen molar-refractivity contribution in [3.8, 4) is 0 Å². The maximum atomic E-state index is 12.2. The van der Waals surface area contributed by atoms with E-state index in [1.165, 1.54) is 4.90 Å². The highest BCUT2D eigenvalue weighted by atomic mass is 16.4. The molecule has 0 aromatic heterocycles. The van der Waals surface area contributed by atoms with E-state index in [-0.39, 0.29) is 12.1 Å². The second kappa shape index (κ2) is 4.78. The quantitative estimate of drug-likeness (QED) is 0.804. The predicted molar refractivity (Wildman–Crippen MR) is 67.3 cm³/mol. The van der Waals surface area contributed by atoms with Gasteiger partial charge in [-0.05, 0) is 31.6 Å². The Bertz CT molecular complexity index is 358. The summed E-state index contributed by atoms with van der Waals surface area (Å²) in [5.74, 6) is -0.294. The van der Waals surface area contributed by atoms with E-state index in [0.717, 1.165) is 19.3 Å². The first-order valence-corrected chi connectivity index (χ1v) is 6.86. The molecule has 18 heavy (non-hydrogen) atoms. The lowest BCUT2D eigenvalue weighted by Gasteiger charge is -2.33. The second-order valence-corrected chi connectivity index (χ2v) is 5.41. The zero-order chi connectivity index (χ0) is 13.3. The number of carboxylic acid groups (broad SMARTS) is 1. The maximum absolute atomic E-state index is 12.2. The lowest BCUT2D eigenvalue weighted by Crippen LogP contribution is -2.56. The highest BCUT2D eigenvalue weighted by Crippen LogP contribution is 2.36. The highest BCUT2D eigenvalue weighted by molar-refractivity contribution is 5.87. The van der Waals surface area contributed by atoms with E-state index >= 15 is 0 Å². The fourth-order valence-electron chi connectivity index (χ4n) is 3.03. The summed E-state index contributed by atoms with van der Waals surface area (Å²) in [6.07, 6.45) is 3.91. The smallest absolute Gasteiger partial charge is 0.329 e. The van der Waals surface area contributed by atoms with Gasteiger partial charge < -0.3 is 15.3 Å². The van der Waals surface area contributed by atoms with E-state index in [0.29, 0.717) is 25.3 Å². The van der Waals surface area contributed by atoms with Crippen LogP contribution < -0.4 is 5.32 Å². The molecule has 5 nitrogen and oxygen atoms in total. The van der Waals surface area contributed by atoms with Crippen molar-refractivity contribution in [3.63, 3.8) is 0 Å². The van der Waals surface area contributed by atoms with Crippen LogP contribution in [0, 0.1) is 5.92 Å². The number of amides is 2. The van der Waals surface area contributed by atoms with Gasteiger partial charge in [0.05, 0.1) is 0 Å². The lowest BCUT2D eigenvalue weighted by molar-refractivity contribution is -0.148. The van der Waals surface area contributed by atoms with Crippen LogP contribution >= 0.6 is 0 Å². The van der Waals surface area contributed by atoms with Gasteiger partial charge in [0, 0.05) is 12.6 Å². The number of urea groups is 1. The van der Waals surface area contributed by atoms with E-state index < -0.39 is 11.5 Å². The second-order valence-electron chi connectivity index (χ2n) is 5.41. The monoisotopic (exact) mass is 254 g/mol. The number of nitrogens with one attached hydrogen (secondary N) is 1. The summed E-state index contributed by atoms with van der Waals surface area (Å²) in [5, 5.41) is 12.4. The van der Waals surface area contributed by atoms with E-state index in [1.807, 2.05) is 6.92 Å². The van der Waals surface area contributed by atoms with Gasteiger partial charge in [-0.1, -0.05) is 20.3 Å². The third kappa shape index (κ3) is 2.06. The Kier molecular flexibility index (Phi) is 3.50. The highest BCUT2D eigenvalue weighted by Gasteiger charge is 2.49. The molecule has 0 spiro atoms. The first-order valence-electron chi connectivity index (χ1n) is 6.86. The Morgan fingerprint density at radius 2 is 2.17 bits per heavy atom. The summed E-state index contributed by atoms with van der Waals surface area (Å²) in [5.41, 5.74) is -0.985. The Hall–Kier alpha value is -1.26. The molecule has 0 aromatic carbocycles. The number of nitrogens with zero attached hydrogens (tertiary/aromatic N) is 1. The number of likely N-dealkylation sites (tertiary alicyclic amines) is 1. The molecule has 3 unspecified atom stereocenters. The number of hydrogen-bond acceptors (Lipinski definition) is 2. The first-order chi connectivity index (χ1) is 8.55. The van der Waals surface area contributed by atoms with Gasteiger partial charge in [0.1, 0.15) is 5.54 Å². The van der Waals surface area contributed by atoms with Crippen molar-refractivity contribution in [1.29, 1.82) is 0 Å². The molecule has 0 radical (unpaired) electrons. The van der Waals surface area contributed by atoms with Crippen LogP contribution in [-0.4, -0.2) is 40.1 Å². The van der Waals surface area contributed by atoms with Crippen molar-refractivity contribution >= 4 is 12.0 Å². The van der Waals surface area contributed by atoms with Crippen LogP contribution in [0.25, 0.3) is 0 Å². The average Bonchev–Trinajstić information content (AvgIpc) is 2.93. The van der Waals surface area contributed by atoms with Gasteiger partial charge in [-0.25, -0.2) is 9.59 Å². The Morgan fingerprint density at radius 3 is 2.67 bits per heavy atom. The van der Waals surface area contributed by atoms with Crippen molar-refractivity contribution in [3.05, 3.63) is 0 Å². The molecule has 2 aliphatic rings. The third-order valence-corrected chi connectivity index (χ3v) is 4.47. The Balaban J connectivity index is 2.02. The van der Waals surface area contributed by atoms with Gasteiger partial charge in [-0.3, -0.25) is 0 Å². The van der Waals surface area contributed by atoms with Crippen LogP contribution in [0.3, 0.4) is 0 Å². The van der Waals surface area contributed by atoms with Crippen LogP contribution in [0.4, 0.5) is 4.79 Å². The third-order valence-electron chi connectivity index (χ3n) is 4.47. The molecule has 0 bridgehead atoms. The molecule has 0 aromatic rings. The first kappa shape index (κ1) is 13.2. The van der Waals surface area contributed by atoms with Crippen molar-refractivity contribution in [2.75, 3.05) is 6.54 Å². The van der Waals surface area contributed by atoms with Gasteiger partial charge in [0.2, 0.25) is 0 Å². The Labute approximate surface area is 108 Å².